The van der Waals surface area contributed by atoms with Crippen LogP contribution in [0.3, 0.4) is 0 Å². The third-order valence-corrected chi connectivity index (χ3v) is 11.2. The van der Waals surface area contributed by atoms with E-state index in [2.05, 4.69) is 131 Å². The number of hydrogen-bond donors (Lipinski definition) is 0. The molecule has 0 aliphatic carbocycles. The normalized spacial score (nSPS) is 12.7. The summed E-state index contributed by atoms with van der Waals surface area (Å²) in [5.74, 6) is 3.28. The average Bonchev–Trinajstić information content (AvgIpc) is 3.30. The predicted octanol–water partition coefficient (Wildman–Crippen LogP) is 14.4. The summed E-state index contributed by atoms with van der Waals surface area (Å²) in [5.41, 5.74) is 11.3. The quantitative estimate of drug-likeness (QED) is 0.167. The summed E-state index contributed by atoms with van der Waals surface area (Å²) in [6.45, 7) is 0. The monoisotopic (exact) mass is 744 g/mol. The minimum atomic E-state index is 0.817. The molecule has 10 aromatic rings. The molecule has 0 saturated carbocycles. The summed E-state index contributed by atoms with van der Waals surface area (Å²) >= 11 is 0. The highest BCUT2D eigenvalue weighted by Crippen LogP contribution is 2.52. The van der Waals surface area contributed by atoms with E-state index in [1.807, 2.05) is 72.8 Å². The van der Waals surface area contributed by atoms with Crippen molar-refractivity contribution in [3.05, 3.63) is 194 Å². The highest BCUT2D eigenvalue weighted by Gasteiger charge is 2.27. The van der Waals surface area contributed by atoms with Gasteiger partial charge in [0.2, 0.25) is 0 Å². The van der Waals surface area contributed by atoms with Gasteiger partial charge in [-0.15, -0.1) is 0 Å². The molecular weight excluding hydrogens is 713 g/mol. The van der Waals surface area contributed by atoms with Crippen molar-refractivity contribution in [3.63, 3.8) is 0 Å². The number of nitrogens with zero attached hydrogens (tertiary/aromatic N) is 4. The lowest BCUT2D eigenvalue weighted by molar-refractivity contribution is 0.477. The van der Waals surface area contributed by atoms with Gasteiger partial charge in [0.05, 0.1) is 45.2 Å². The average molecular weight is 745 g/mol. The first-order chi connectivity index (χ1) is 28.8. The highest BCUT2D eigenvalue weighted by molar-refractivity contribution is 6.23. The number of aromatic nitrogens is 2. The predicted molar refractivity (Wildman–Crippen MR) is 235 cm³/mol. The molecule has 0 atom stereocenters. The number of anilines is 6. The second-order valence-electron chi connectivity index (χ2n) is 14.5. The second-order valence-corrected chi connectivity index (χ2v) is 14.5. The third-order valence-electron chi connectivity index (χ3n) is 11.2. The van der Waals surface area contributed by atoms with Gasteiger partial charge in [-0.25, -0.2) is 9.97 Å². The van der Waals surface area contributed by atoms with Crippen molar-refractivity contribution in [3.8, 4) is 45.5 Å². The maximum absolute atomic E-state index is 6.31. The molecule has 12 rings (SSSR count). The molecule has 0 bridgehead atoms. The molecule has 6 heteroatoms. The summed E-state index contributed by atoms with van der Waals surface area (Å²) in [5, 5.41) is 4.48. The fraction of sp³-hybridized carbons (Fsp3) is 0. The Morgan fingerprint density at radius 1 is 0.293 bits per heavy atom. The molecule has 0 unspecified atom stereocenters. The van der Waals surface area contributed by atoms with Crippen molar-refractivity contribution in [2.45, 2.75) is 0 Å². The van der Waals surface area contributed by atoms with E-state index in [9.17, 15) is 0 Å². The van der Waals surface area contributed by atoms with Crippen LogP contribution in [0.2, 0.25) is 0 Å². The van der Waals surface area contributed by atoms with E-state index in [1.165, 1.54) is 0 Å². The van der Waals surface area contributed by atoms with E-state index < -0.39 is 0 Å². The fourth-order valence-electron chi connectivity index (χ4n) is 8.56. The molecule has 0 amide bonds. The Morgan fingerprint density at radius 3 is 0.931 bits per heavy atom. The van der Waals surface area contributed by atoms with Gasteiger partial charge in [0, 0.05) is 33.3 Å². The van der Waals surface area contributed by atoms with E-state index >= 15 is 0 Å². The Bertz CT molecular complexity index is 2940. The molecule has 3 heterocycles. The van der Waals surface area contributed by atoms with Crippen LogP contribution >= 0.6 is 0 Å². The van der Waals surface area contributed by atoms with Gasteiger partial charge in [0.15, 0.2) is 23.0 Å². The maximum Gasteiger partial charge on any atom is 0.151 e. The molecule has 1 aromatic heterocycles. The zero-order chi connectivity index (χ0) is 38.2. The van der Waals surface area contributed by atoms with Gasteiger partial charge < -0.3 is 19.3 Å². The highest BCUT2D eigenvalue weighted by atomic mass is 16.5. The van der Waals surface area contributed by atoms with Gasteiger partial charge in [0.1, 0.15) is 0 Å². The van der Waals surface area contributed by atoms with Crippen LogP contribution in [0.25, 0.3) is 55.1 Å². The molecule has 58 heavy (non-hydrogen) atoms. The van der Waals surface area contributed by atoms with Crippen LogP contribution in [-0.2, 0) is 0 Å². The fourth-order valence-corrected chi connectivity index (χ4v) is 8.56. The van der Waals surface area contributed by atoms with Gasteiger partial charge in [-0.2, -0.15) is 0 Å². The topological polar surface area (TPSA) is 50.7 Å². The van der Waals surface area contributed by atoms with Crippen LogP contribution in [0.4, 0.5) is 34.1 Å². The Kier molecular flexibility index (Phi) is 7.13. The molecule has 272 valence electrons. The molecule has 0 spiro atoms. The minimum Gasteiger partial charge on any atom is -0.453 e. The molecule has 0 fully saturated rings. The molecule has 2 aliphatic heterocycles. The number of benzene rings is 9. The molecule has 9 aromatic carbocycles. The van der Waals surface area contributed by atoms with Gasteiger partial charge in [0.25, 0.3) is 0 Å². The summed E-state index contributed by atoms with van der Waals surface area (Å²) in [6, 6.07) is 67.0. The third kappa shape index (κ3) is 4.98. The zero-order valence-corrected chi connectivity index (χ0v) is 31.1. The molecule has 0 saturated heterocycles. The summed E-state index contributed by atoms with van der Waals surface area (Å²) in [4.78, 5) is 15.6. The largest absolute Gasteiger partial charge is 0.453 e. The van der Waals surface area contributed by atoms with Crippen LogP contribution in [0.5, 0.6) is 23.0 Å². The Labute approximate surface area is 334 Å². The van der Waals surface area contributed by atoms with Crippen molar-refractivity contribution in [2.75, 3.05) is 9.80 Å². The molecule has 6 nitrogen and oxygen atoms in total. The Morgan fingerprint density at radius 2 is 0.586 bits per heavy atom. The van der Waals surface area contributed by atoms with E-state index in [4.69, 9.17) is 19.4 Å². The van der Waals surface area contributed by atoms with Crippen molar-refractivity contribution in [1.82, 2.24) is 9.97 Å². The van der Waals surface area contributed by atoms with Crippen LogP contribution in [0.1, 0.15) is 0 Å². The smallest absolute Gasteiger partial charge is 0.151 e. The van der Waals surface area contributed by atoms with Crippen molar-refractivity contribution < 1.29 is 9.47 Å². The second kappa shape index (κ2) is 12.8. The molecular formula is C52H32N4O2. The van der Waals surface area contributed by atoms with Crippen LogP contribution < -0.4 is 19.3 Å². The molecule has 0 radical (unpaired) electrons. The lowest BCUT2D eigenvalue weighted by atomic mass is 9.97. The number of fused-ring (bicyclic) bond motifs is 10. The minimum absolute atomic E-state index is 0.817. The van der Waals surface area contributed by atoms with Crippen LogP contribution in [0, 0.1) is 0 Å². The zero-order valence-electron chi connectivity index (χ0n) is 31.1. The maximum atomic E-state index is 6.31. The summed E-state index contributed by atoms with van der Waals surface area (Å²) < 4.78 is 12.6. The summed E-state index contributed by atoms with van der Waals surface area (Å²) in [7, 11) is 0. The first-order valence-corrected chi connectivity index (χ1v) is 19.4. The van der Waals surface area contributed by atoms with Gasteiger partial charge in [-0.05, 0) is 83.6 Å². The number of hydrogen-bond acceptors (Lipinski definition) is 6. The molecule has 2 aliphatic rings. The van der Waals surface area contributed by atoms with Gasteiger partial charge in [-0.3, -0.25) is 0 Å². The number of ether oxygens (including phenoxy) is 2. The van der Waals surface area contributed by atoms with Gasteiger partial charge >= 0.3 is 0 Å². The molecule has 0 N–H and O–H groups in total. The summed E-state index contributed by atoms with van der Waals surface area (Å²) in [6.07, 6.45) is 0. The lowest BCUT2D eigenvalue weighted by Gasteiger charge is -2.33. The van der Waals surface area contributed by atoms with E-state index in [0.717, 1.165) is 112 Å². The Hall–Kier alpha value is -7.96. The van der Waals surface area contributed by atoms with E-state index in [0.29, 0.717) is 0 Å². The van der Waals surface area contributed by atoms with Crippen molar-refractivity contribution >= 4 is 66.7 Å². The Balaban J connectivity index is 1.04. The van der Waals surface area contributed by atoms with Crippen molar-refractivity contribution in [1.29, 1.82) is 0 Å². The van der Waals surface area contributed by atoms with Crippen LogP contribution in [-0.4, -0.2) is 9.97 Å². The first-order valence-electron chi connectivity index (χ1n) is 19.4. The van der Waals surface area contributed by atoms with Crippen molar-refractivity contribution in [2.24, 2.45) is 0 Å². The standard InChI is InChI=1S/C52H32N4O2/c1-3-15-39-37(13-1)38-14-2-4-16-40(38)52-51(39)53-49(33-25-29-35(30-26-33)55-41-17-5-9-21-45(41)57-46-22-10-6-18-42(46)55)50(54-52)34-27-31-36(32-28-34)56-43-19-7-11-23-47(43)58-48-24-12-8-20-44(48)56/h1-32H. The number of rotatable bonds is 4. The van der Waals surface area contributed by atoms with Crippen LogP contribution in [0.15, 0.2) is 194 Å². The lowest BCUT2D eigenvalue weighted by Crippen LogP contribution is -2.15. The van der Waals surface area contributed by atoms with Gasteiger partial charge in [-0.1, -0.05) is 121 Å². The first kappa shape index (κ1) is 32.3. The van der Waals surface area contributed by atoms with E-state index in [-0.39, 0.29) is 0 Å². The number of para-hydroxylation sites is 8. The van der Waals surface area contributed by atoms with E-state index in [1.54, 1.807) is 0 Å². The SMILES string of the molecule is c1ccc2c(c1)Oc1ccccc1N2c1ccc(-c2nc3c4ccccc4c4ccccc4c3nc2-c2ccc(N3c4ccccc4Oc4ccccc43)cc2)cc1.